The van der Waals surface area contributed by atoms with Crippen LogP contribution in [0, 0.1) is 12.3 Å². The van der Waals surface area contributed by atoms with Crippen molar-refractivity contribution in [2.75, 3.05) is 7.11 Å². The molecule has 4 rings (SSSR count). The van der Waals surface area contributed by atoms with Crippen molar-refractivity contribution in [1.29, 1.82) is 0 Å². The van der Waals surface area contributed by atoms with Gasteiger partial charge in [0, 0.05) is 5.56 Å². The number of methoxy groups -OCH3 is 1. The van der Waals surface area contributed by atoms with Gasteiger partial charge in [-0.1, -0.05) is 75.4 Å². The summed E-state index contributed by atoms with van der Waals surface area (Å²) in [5, 5.41) is 0. The Hall–Kier alpha value is -3.00. The van der Waals surface area contributed by atoms with E-state index in [9.17, 15) is 0 Å². The summed E-state index contributed by atoms with van der Waals surface area (Å²) in [5.74, 6) is 1.70. The Labute approximate surface area is 180 Å². The molecule has 0 aliphatic carbocycles. The third-order valence-electron chi connectivity index (χ3n) is 5.58. The smallest absolute Gasteiger partial charge is 0.150 e. The van der Waals surface area contributed by atoms with Crippen molar-refractivity contribution in [2.24, 2.45) is 5.41 Å². The largest absolute Gasteiger partial charge is 0.496 e. The standard InChI is InChI=1S/C28H30O2/c1-18-15-16-21-25-22(29-6)13-10-14-23(25)30-27(20-11-8-7-9-12-20)26(21)24(18)19(2)17-28(3,4)5/h7-17,27H,1-6H3/b19-17-. The summed E-state index contributed by atoms with van der Waals surface area (Å²) in [6.45, 7) is 11.1. The molecular weight excluding hydrogens is 368 g/mol. The van der Waals surface area contributed by atoms with Crippen LogP contribution in [0.1, 0.15) is 56.1 Å². The topological polar surface area (TPSA) is 18.5 Å². The van der Waals surface area contributed by atoms with Gasteiger partial charge in [-0.15, -0.1) is 0 Å². The van der Waals surface area contributed by atoms with E-state index in [0.29, 0.717) is 0 Å². The Kier molecular flexibility index (Phi) is 5.19. The van der Waals surface area contributed by atoms with Gasteiger partial charge in [0.05, 0.1) is 12.7 Å². The molecule has 0 fully saturated rings. The predicted molar refractivity (Wildman–Crippen MR) is 125 cm³/mol. The molecule has 0 saturated heterocycles. The fourth-order valence-corrected chi connectivity index (χ4v) is 4.56. The molecule has 1 aliphatic rings. The molecule has 1 atom stereocenters. The molecule has 0 saturated carbocycles. The molecule has 0 radical (unpaired) electrons. The summed E-state index contributed by atoms with van der Waals surface area (Å²) in [5.41, 5.74) is 8.49. The third-order valence-corrected chi connectivity index (χ3v) is 5.58. The normalized spacial score (nSPS) is 15.8. The fraction of sp³-hybridized carbons (Fsp3) is 0.286. The second-order valence-corrected chi connectivity index (χ2v) is 9.15. The third kappa shape index (κ3) is 3.63. The maximum Gasteiger partial charge on any atom is 0.150 e. The monoisotopic (exact) mass is 398 g/mol. The number of fused-ring (bicyclic) bond motifs is 3. The highest BCUT2D eigenvalue weighted by Crippen LogP contribution is 2.51. The SMILES string of the molecule is COc1cccc2c1-c1ccc(C)c(/C(C)=C\C(C)(C)C)c1C(c1ccccc1)O2. The van der Waals surface area contributed by atoms with Crippen molar-refractivity contribution in [2.45, 2.75) is 40.7 Å². The molecule has 2 heteroatoms. The summed E-state index contributed by atoms with van der Waals surface area (Å²) in [7, 11) is 1.72. The van der Waals surface area contributed by atoms with E-state index in [0.717, 1.165) is 22.6 Å². The molecular formula is C28H30O2. The van der Waals surface area contributed by atoms with Crippen molar-refractivity contribution >= 4 is 5.57 Å². The number of ether oxygens (including phenoxy) is 2. The molecule has 1 heterocycles. The fourth-order valence-electron chi connectivity index (χ4n) is 4.56. The van der Waals surface area contributed by atoms with Gasteiger partial charge < -0.3 is 9.47 Å². The zero-order valence-electron chi connectivity index (χ0n) is 18.7. The highest BCUT2D eigenvalue weighted by atomic mass is 16.5. The molecule has 0 amide bonds. The Balaban J connectivity index is 2.06. The van der Waals surface area contributed by atoms with Crippen molar-refractivity contribution in [3.63, 3.8) is 0 Å². The lowest BCUT2D eigenvalue weighted by molar-refractivity contribution is 0.241. The maximum absolute atomic E-state index is 6.66. The van der Waals surface area contributed by atoms with E-state index < -0.39 is 0 Å². The molecule has 154 valence electrons. The highest BCUT2D eigenvalue weighted by Gasteiger charge is 2.32. The van der Waals surface area contributed by atoms with Crippen molar-refractivity contribution in [3.8, 4) is 22.6 Å². The van der Waals surface area contributed by atoms with E-state index in [4.69, 9.17) is 9.47 Å². The molecule has 0 spiro atoms. The summed E-state index contributed by atoms with van der Waals surface area (Å²) < 4.78 is 12.4. The average Bonchev–Trinajstić information content (AvgIpc) is 2.71. The van der Waals surface area contributed by atoms with E-state index in [1.165, 1.54) is 27.8 Å². The predicted octanol–water partition coefficient (Wildman–Crippen LogP) is 7.60. The summed E-state index contributed by atoms with van der Waals surface area (Å²) in [6.07, 6.45) is 2.19. The van der Waals surface area contributed by atoms with Crippen molar-refractivity contribution < 1.29 is 9.47 Å². The Morgan fingerprint density at radius 3 is 2.37 bits per heavy atom. The number of hydrogen-bond donors (Lipinski definition) is 0. The number of hydrogen-bond acceptors (Lipinski definition) is 2. The van der Waals surface area contributed by atoms with Crippen molar-refractivity contribution in [3.05, 3.63) is 89.0 Å². The molecule has 3 aromatic rings. The van der Waals surface area contributed by atoms with Gasteiger partial charge in [-0.25, -0.2) is 0 Å². The summed E-state index contributed by atoms with van der Waals surface area (Å²) in [6, 6.07) is 21.0. The molecule has 1 unspecified atom stereocenters. The quantitative estimate of drug-likeness (QED) is 0.452. The van der Waals surface area contributed by atoms with E-state index in [-0.39, 0.29) is 11.5 Å². The highest BCUT2D eigenvalue weighted by molar-refractivity contribution is 5.87. The molecule has 0 aromatic heterocycles. The van der Waals surface area contributed by atoms with E-state index in [2.05, 4.69) is 77.1 Å². The average molecular weight is 399 g/mol. The zero-order chi connectivity index (χ0) is 21.5. The zero-order valence-corrected chi connectivity index (χ0v) is 18.7. The second-order valence-electron chi connectivity index (χ2n) is 9.15. The van der Waals surface area contributed by atoms with Crippen LogP contribution in [0.15, 0.2) is 66.7 Å². The van der Waals surface area contributed by atoms with Gasteiger partial charge in [0.15, 0.2) is 6.10 Å². The van der Waals surface area contributed by atoms with Crippen LogP contribution in [0.2, 0.25) is 0 Å². The van der Waals surface area contributed by atoms with Gasteiger partial charge in [0.1, 0.15) is 11.5 Å². The minimum Gasteiger partial charge on any atom is -0.496 e. The number of benzene rings is 3. The molecule has 1 aliphatic heterocycles. The first-order valence-corrected chi connectivity index (χ1v) is 10.5. The molecule has 30 heavy (non-hydrogen) atoms. The van der Waals surface area contributed by atoms with Crippen LogP contribution in [0.4, 0.5) is 0 Å². The first kappa shape index (κ1) is 20.3. The van der Waals surface area contributed by atoms with Crippen molar-refractivity contribution in [1.82, 2.24) is 0 Å². The Morgan fingerprint density at radius 1 is 0.967 bits per heavy atom. The lowest BCUT2D eigenvalue weighted by Crippen LogP contribution is -2.18. The van der Waals surface area contributed by atoms with Gasteiger partial charge in [-0.05, 0) is 59.2 Å². The first-order valence-electron chi connectivity index (χ1n) is 10.5. The Bertz CT molecular complexity index is 1100. The summed E-state index contributed by atoms with van der Waals surface area (Å²) >= 11 is 0. The number of allylic oxidation sites excluding steroid dienone is 2. The van der Waals surface area contributed by atoms with Crippen LogP contribution in [0.25, 0.3) is 16.7 Å². The maximum atomic E-state index is 6.66. The first-order chi connectivity index (χ1) is 14.3. The van der Waals surface area contributed by atoms with E-state index in [1.807, 2.05) is 24.3 Å². The van der Waals surface area contributed by atoms with Gasteiger partial charge in [-0.2, -0.15) is 0 Å². The van der Waals surface area contributed by atoms with Crippen LogP contribution >= 0.6 is 0 Å². The van der Waals surface area contributed by atoms with Gasteiger partial charge in [-0.3, -0.25) is 0 Å². The minimum absolute atomic E-state index is 0.0899. The van der Waals surface area contributed by atoms with Gasteiger partial charge in [0.2, 0.25) is 0 Å². The minimum atomic E-state index is -0.168. The van der Waals surface area contributed by atoms with E-state index >= 15 is 0 Å². The molecule has 0 N–H and O–H groups in total. The summed E-state index contributed by atoms with van der Waals surface area (Å²) in [4.78, 5) is 0. The van der Waals surface area contributed by atoms with Gasteiger partial charge in [0.25, 0.3) is 0 Å². The lowest BCUT2D eigenvalue weighted by atomic mass is 9.80. The number of aryl methyl sites for hydroxylation is 1. The molecule has 3 aromatic carbocycles. The van der Waals surface area contributed by atoms with Crippen LogP contribution in [-0.2, 0) is 0 Å². The van der Waals surface area contributed by atoms with E-state index in [1.54, 1.807) is 7.11 Å². The number of rotatable bonds is 3. The van der Waals surface area contributed by atoms with Gasteiger partial charge >= 0.3 is 0 Å². The second kappa shape index (κ2) is 7.68. The Morgan fingerprint density at radius 2 is 1.70 bits per heavy atom. The van der Waals surface area contributed by atoms with Crippen LogP contribution in [-0.4, -0.2) is 7.11 Å². The molecule has 0 bridgehead atoms. The van der Waals surface area contributed by atoms with Crippen LogP contribution in [0.3, 0.4) is 0 Å². The lowest BCUT2D eigenvalue weighted by Gasteiger charge is -2.33. The van der Waals surface area contributed by atoms with Crippen LogP contribution < -0.4 is 9.47 Å². The van der Waals surface area contributed by atoms with Crippen LogP contribution in [0.5, 0.6) is 11.5 Å². The molecule has 2 nitrogen and oxygen atoms in total.